The maximum Gasteiger partial charge on any atom is 0.433 e. The second kappa shape index (κ2) is 4.72. The van der Waals surface area contributed by atoms with Crippen molar-refractivity contribution in [3.63, 3.8) is 0 Å². The van der Waals surface area contributed by atoms with E-state index in [0.29, 0.717) is 0 Å². The molecule has 1 unspecified atom stereocenters. The summed E-state index contributed by atoms with van der Waals surface area (Å²) >= 11 is 5.94. The lowest BCUT2D eigenvalue weighted by molar-refractivity contribution is -0.141. The minimum absolute atomic E-state index is 0.164. The molecule has 0 aliphatic carbocycles. The van der Waals surface area contributed by atoms with Crippen LogP contribution < -0.4 is 5.32 Å². The van der Waals surface area contributed by atoms with E-state index < -0.39 is 17.4 Å². The molecular weight excluding hydrogens is 253 g/mol. The molecule has 1 heterocycles. The summed E-state index contributed by atoms with van der Waals surface area (Å²) < 4.78 is 37.3. The maximum absolute atomic E-state index is 12.4. The maximum atomic E-state index is 12.4. The third-order valence-corrected chi connectivity index (χ3v) is 3.03. The summed E-state index contributed by atoms with van der Waals surface area (Å²) in [5.74, 6) is 0.164. The fourth-order valence-electron chi connectivity index (χ4n) is 1.09. The van der Waals surface area contributed by atoms with Gasteiger partial charge < -0.3 is 5.32 Å². The molecule has 0 saturated heterocycles. The van der Waals surface area contributed by atoms with Crippen LogP contribution in [0.15, 0.2) is 18.2 Å². The van der Waals surface area contributed by atoms with Crippen LogP contribution in [0.1, 0.15) is 26.5 Å². The first kappa shape index (κ1) is 14.1. The number of nitrogens with zero attached hydrogens (tertiary/aromatic N) is 1. The zero-order valence-electron chi connectivity index (χ0n) is 9.77. The summed E-state index contributed by atoms with van der Waals surface area (Å²) in [5.41, 5.74) is -1.46. The van der Waals surface area contributed by atoms with Gasteiger partial charge in [0.1, 0.15) is 11.5 Å². The Hall–Kier alpha value is -0.970. The molecule has 0 aliphatic heterocycles. The van der Waals surface area contributed by atoms with Crippen LogP contribution in [0.2, 0.25) is 0 Å². The SMILES string of the molecule is CC(Cl)C(C)(C)Nc1cccc(C(F)(F)F)n1. The molecule has 1 N–H and O–H groups in total. The second-order valence-electron chi connectivity index (χ2n) is 4.37. The first-order chi connectivity index (χ1) is 7.63. The van der Waals surface area contributed by atoms with Gasteiger partial charge in [-0.25, -0.2) is 4.98 Å². The second-order valence-corrected chi connectivity index (χ2v) is 5.02. The van der Waals surface area contributed by atoms with Gasteiger partial charge >= 0.3 is 6.18 Å². The largest absolute Gasteiger partial charge is 0.433 e. The summed E-state index contributed by atoms with van der Waals surface area (Å²) in [7, 11) is 0. The van der Waals surface area contributed by atoms with Gasteiger partial charge in [0, 0.05) is 5.54 Å². The fourth-order valence-corrected chi connectivity index (χ4v) is 1.15. The topological polar surface area (TPSA) is 24.9 Å². The normalized spacial score (nSPS) is 14.5. The number of pyridine rings is 1. The molecule has 0 saturated carbocycles. The number of rotatable bonds is 3. The number of anilines is 1. The lowest BCUT2D eigenvalue weighted by Crippen LogP contribution is -2.39. The van der Waals surface area contributed by atoms with Crippen molar-refractivity contribution in [3.05, 3.63) is 23.9 Å². The molecule has 2 nitrogen and oxygen atoms in total. The van der Waals surface area contributed by atoms with E-state index >= 15 is 0 Å². The average Bonchev–Trinajstić information content (AvgIpc) is 2.15. The molecule has 6 heteroatoms. The molecule has 0 fully saturated rings. The van der Waals surface area contributed by atoms with Crippen molar-refractivity contribution in [2.75, 3.05) is 5.32 Å². The zero-order chi connectivity index (χ0) is 13.3. The van der Waals surface area contributed by atoms with Gasteiger partial charge in [0.25, 0.3) is 0 Å². The van der Waals surface area contributed by atoms with Crippen LogP contribution in [0.25, 0.3) is 0 Å². The van der Waals surface area contributed by atoms with Crippen molar-refractivity contribution in [3.8, 4) is 0 Å². The monoisotopic (exact) mass is 266 g/mol. The predicted molar refractivity (Wildman–Crippen MR) is 62.3 cm³/mol. The number of halogens is 4. The molecule has 1 atom stereocenters. The summed E-state index contributed by atoms with van der Waals surface area (Å²) in [5, 5.41) is 2.64. The van der Waals surface area contributed by atoms with E-state index in [1.807, 2.05) is 0 Å². The molecule has 17 heavy (non-hydrogen) atoms. The van der Waals surface area contributed by atoms with Gasteiger partial charge in [-0.05, 0) is 32.9 Å². The Morgan fingerprint density at radius 2 is 1.88 bits per heavy atom. The number of nitrogens with one attached hydrogen (secondary N) is 1. The zero-order valence-corrected chi connectivity index (χ0v) is 10.5. The molecule has 1 aromatic heterocycles. The Morgan fingerprint density at radius 3 is 2.35 bits per heavy atom. The van der Waals surface area contributed by atoms with E-state index in [9.17, 15) is 13.2 Å². The van der Waals surface area contributed by atoms with E-state index in [2.05, 4.69) is 10.3 Å². The molecule has 0 bridgehead atoms. The van der Waals surface area contributed by atoms with E-state index in [0.717, 1.165) is 6.07 Å². The number of alkyl halides is 4. The first-order valence-electron chi connectivity index (χ1n) is 5.09. The van der Waals surface area contributed by atoms with Crippen molar-refractivity contribution >= 4 is 17.4 Å². The highest BCUT2D eigenvalue weighted by Crippen LogP contribution is 2.29. The van der Waals surface area contributed by atoms with Gasteiger partial charge in [-0.1, -0.05) is 6.07 Å². The highest BCUT2D eigenvalue weighted by Gasteiger charge is 2.33. The first-order valence-corrected chi connectivity index (χ1v) is 5.53. The smallest absolute Gasteiger partial charge is 0.364 e. The van der Waals surface area contributed by atoms with Crippen molar-refractivity contribution in [2.24, 2.45) is 0 Å². The van der Waals surface area contributed by atoms with Crippen LogP contribution in [0.4, 0.5) is 19.0 Å². The lowest BCUT2D eigenvalue weighted by atomic mass is 10.0. The Balaban J connectivity index is 2.94. The Morgan fingerprint density at radius 1 is 1.29 bits per heavy atom. The molecule has 1 rings (SSSR count). The molecule has 1 aromatic rings. The summed E-state index contributed by atoms with van der Waals surface area (Å²) in [4.78, 5) is 3.52. The highest BCUT2D eigenvalue weighted by molar-refractivity contribution is 6.21. The van der Waals surface area contributed by atoms with Crippen LogP contribution >= 0.6 is 11.6 Å². The summed E-state index contributed by atoms with van der Waals surface area (Å²) in [6.45, 7) is 5.36. The average molecular weight is 267 g/mol. The van der Waals surface area contributed by atoms with Gasteiger partial charge in [-0.15, -0.1) is 11.6 Å². The summed E-state index contributed by atoms with van der Waals surface area (Å²) in [6, 6.07) is 3.73. The lowest BCUT2D eigenvalue weighted by Gasteiger charge is -2.29. The molecular formula is C11H14ClF3N2. The molecule has 0 aromatic carbocycles. The predicted octanol–water partition coefficient (Wildman–Crippen LogP) is 3.92. The Bertz CT molecular complexity index is 389. The highest BCUT2D eigenvalue weighted by atomic mass is 35.5. The molecule has 0 radical (unpaired) electrons. The van der Waals surface area contributed by atoms with Crippen LogP contribution in [-0.2, 0) is 6.18 Å². The van der Waals surface area contributed by atoms with Gasteiger partial charge in [-0.2, -0.15) is 13.2 Å². The van der Waals surface area contributed by atoms with E-state index in [4.69, 9.17) is 11.6 Å². The Labute approximate surface area is 103 Å². The fraction of sp³-hybridized carbons (Fsp3) is 0.545. The third kappa shape index (κ3) is 3.77. The van der Waals surface area contributed by atoms with Crippen molar-refractivity contribution in [1.29, 1.82) is 0 Å². The van der Waals surface area contributed by atoms with Crippen LogP contribution in [-0.4, -0.2) is 15.9 Å². The van der Waals surface area contributed by atoms with Gasteiger partial charge in [0.05, 0.1) is 5.38 Å². The molecule has 0 spiro atoms. The molecule has 0 aliphatic rings. The van der Waals surface area contributed by atoms with Gasteiger partial charge in [0.2, 0.25) is 0 Å². The third-order valence-electron chi connectivity index (χ3n) is 2.48. The minimum atomic E-state index is -4.44. The van der Waals surface area contributed by atoms with Crippen molar-refractivity contribution in [2.45, 2.75) is 37.9 Å². The molecule has 96 valence electrons. The Kier molecular flexibility index (Phi) is 3.91. The van der Waals surface area contributed by atoms with Gasteiger partial charge in [0.15, 0.2) is 0 Å². The molecule has 0 amide bonds. The van der Waals surface area contributed by atoms with Crippen LogP contribution in [0.5, 0.6) is 0 Å². The van der Waals surface area contributed by atoms with Crippen LogP contribution in [0, 0.1) is 0 Å². The van der Waals surface area contributed by atoms with E-state index in [1.54, 1.807) is 20.8 Å². The number of aromatic nitrogens is 1. The quantitative estimate of drug-likeness (QED) is 0.839. The van der Waals surface area contributed by atoms with Gasteiger partial charge in [-0.3, -0.25) is 0 Å². The van der Waals surface area contributed by atoms with E-state index in [1.165, 1.54) is 12.1 Å². The standard InChI is InChI=1S/C11H14ClF3N2/c1-7(12)10(2,3)17-9-6-4-5-8(16-9)11(13,14)15/h4-7H,1-3H3,(H,16,17). The van der Waals surface area contributed by atoms with E-state index in [-0.39, 0.29) is 11.2 Å². The number of hydrogen-bond donors (Lipinski definition) is 1. The summed E-state index contributed by atoms with van der Waals surface area (Å²) in [6.07, 6.45) is -4.44. The number of hydrogen-bond acceptors (Lipinski definition) is 2. The van der Waals surface area contributed by atoms with Crippen molar-refractivity contribution in [1.82, 2.24) is 4.98 Å². The van der Waals surface area contributed by atoms with Crippen molar-refractivity contribution < 1.29 is 13.2 Å². The van der Waals surface area contributed by atoms with Crippen LogP contribution in [0.3, 0.4) is 0 Å². The minimum Gasteiger partial charge on any atom is -0.364 e.